The molecule has 1 aliphatic carbocycles. The summed E-state index contributed by atoms with van der Waals surface area (Å²) in [6.07, 6.45) is 28.8. The molecule has 0 heteroatoms. The average molecular weight is 347 g/mol. The topological polar surface area (TPSA) is 0 Å². The average Bonchev–Trinajstić information content (AvgIpc) is 2.62. The molecule has 1 aliphatic rings. The first-order chi connectivity index (χ1) is 12.3. The van der Waals surface area contributed by atoms with E-state index in [2.05, 4.69) is 32.9 Å². The number of unbranched alkanes of at least 4 members (excludes halogenated alkanes) is 10. The van der Waals surface area contributed by atoms with Gasteiger partial charge in [-0.05, 0) is 44.4 Å². The Morgan fingerprint density at radius 1 is 0.640 bits per heavy atom. The minimum atomic E-state index is 0.862. The summed E-state index contributed by atoms with van der Waals surface area (Å²) in [5.41, 5.74) is 3.50. The van der Waals surface area contributed by atoms with E-state index in [0.717, 1.165) is 5.92 Å². The van der Waals surface area contributed by atoms with Crippen molar-refractivity contribution in [2.75, 3.05) is 0 Å². The summed E-state index contributed by atoms with van der Waals surface area (Å²) < 4.78 is 0. The molecule has 0 spiro atoms. The second-order valence-electron chi connectivity index (χ2n) is 8.29. The molecule has 146 valence electrons. The summed E-state index contributed by atoms with van der Waals surface area (Å²) in [4.78, 5) is 0. The van der Waals surface area contributed by atoms with E-state index in [1.807, 2.05) is 0 Å². The van der Waals surface area contributed by atoms with Crippen LogP contribution in [-0.4, -0.2) is 0 Å². The maximum absolute atomic E-state index is 2.52. The summed E-state index contributed by atoms with van der Waals surface area (Å²) in [6.45, 7) is 6.96. The normalized spacial score (nSPS) is 17.5. The van der Waals surface area contributed by atoms with E-state index in [1.54, 1.807) is 11.1 Å². The van der Waals surface area contributed by atoms with Crippen LogP contribution < -0.4 is 0 Å². The zero-order valence-corrected chi connectivity index (χ0v) is 17.8. The quantitative estimate of drug-likeness (QED) is 0.244. The lowest BCUT2D eigenvalue weighted by Gasteiger charge is -2.25. The van der Waals surface area contributed by atoms with E-state index in [0.29, 0.717) is 0 Å². The molecule has 1 rings (SSSR count). The van der Waals surface area contributed by atoms with Crippen molar-refractivity contribution < 1.29 is 0 Å². The lowest BCUT2D eigenvalue weighted by Crippen LogP contribution is -2.09. The van der Waals surface area contributed by atoms with Gasteiger partial charge in [0.05, 0.1) is 0 Å². The van der Waals surface area contributed by atoms with Crippen LogP contribution in [0.5, 0.6) is 0 Å². The Morgan fingerprint density at radius 2 is 1.20 bits per heavy atom. The molecule has 0 nitrogen and oxygen atoms in total. The smallest absolute Gasteiger partial charge is 0.0163 e. The van der Waals surface area contributed by atoms with Crippen LogP contribution in [0.4, 0.5) is 0 Å². The molecular weight excluding hydrogens is 300 g/mol. The molecule has 1 atom stereocenters. The second kappa shape index (κ2) is 15.7. The van der Waals surface area contributed by atoms with Crippen molar-refractivity contribution in [3.63, 3.8) is 0 Å². The highest BCUT2D eigenvalue weighted by molar-refractivity contribution is 5.26. The Morgan fingerprint density at radius 3 is 1.80 bits per heavy atom. The van der Waals surface area contributed by atoms with Gasteiger partial charge in [-0.15, -0.1) is 0 Å². The van der Waals surface area contributed by atoms with Crippen molar-refractivity contribution in [1.29, 1.82) is 0 Å². The molecule has 0 heterocycles. The number of rotatable bonds is 16. The van der Waals surface area contributed by atoms with Gasteiger partial charge in [0.15, 0.2) is 0 Å². The lowest BCUT2D eigenvalue weighted by atomic mass is 9.80. The van der Waals surface area contributed by atoms with Crippen LogP contribution >= 0.6 is 0 Å². The third-order valence-corrected chi connectivity index (χ3v) is 5.87. The first kappa shape index (κ1) is 22.5. The Kier molecular flexibility index (Phi) is 14.2. The van der Waals surface area contributed by atoms with Gasteiger partial charge in [0, 0.05) is 0 Å². The summed E-state index contributed by atoms with van der Waals surface area (Å²) in [6, 6.07) is 0. The van der Waals surface area contributed by atoms with Crippen LogP contribution in [0.15, 0.2) is 23.3 Å². The van der Waals surface area contributed by atoms with Crippen molar-refractivity contribution in [2.45, 2.75) is 130 Å². The highest BCUT2D eigenvalue weighted by atomic mass is 14.2. The van der Waals surface area contributed by atoms with Crippen molar-refractivity contribution >= 4 is 0 Å². The van der Waals surface area contributed by atoms with Gasteiger partial charge in [-0.25, -0.2) is 0 Å². The summed E-state index contributed by atoms with van der Waals surface area (Å²) in [5.74, 6) is 0.862. The summed E-state index contributed by atoms with van der Waals surface area (Å²) in [5, 5.41) is 0. The van der Waals surface area contributed by atoms with Crippen molar-refractivity contribution in [2.24, 2.45) is 5.92 Å². The molecule has 0 N–H and O–H groups in total. The van der Waals surface area contributed by atoms with E-state index < -0.39 is 0 Å². The van der Waals surface area contributed by atoms with Crippen LogP contribution in [-0.2, 0) is 0 Å². The van der Waals surface area contributed by atoms with E-state index in [1.165, 1.54) is 109 Å². The first-order valence-corrected chi connectivity index (χ1v) is 11.7. The molecule has 0 saturated heterocycles. The highest BCUT2D eigenvalue weighted by Gasteiger charge is 2.18. The SMILES string of the molecule is CCCCCCCCC1=CC=C(CCCCCCCC)C(CCC)C1. The zero-order valence-electron chi connectivity index (χ0n) is 17.8. The molecule has 0 aromatic heterocycles. The fraction of sp³-hybridized carbons (Fsp3) is 0.840. The van der Waals surface area contributed by atoms with Gasteiger partial charge in [-0.3, -0.25) is 0 Å². The van der Waals surface area contributed by atoms with Gasteiger partial charge in [-0.2, -0.15) is 0 Å². The first-order valence-electron chi connectivity index (χ1n) is 11.7. The Balaban J connectivity index is 2.30. The standard InChI is InChI=1S/C25H46/c1-4-7-9-11-13-15-18-23-20-21-24(25(22-23)17-6-3)19-16-14-12-10-8-5-2/h20-21,25H,4-19,22H2,1-3H3. The third-order valence-electron chi connectivity index (χ3n) is 5.87. The predicted molar refractivity (Wildman–Crippen MR) is 115 cm³/mol. The third kappa shape index (κ3) is 10.9. The summed E-state index contributed by atoms with van der Waals surface area (Å²) >= 11 is 0. The molecule has 0 amide bonds. The number of allylic oxidation sites excluding steroid dienone is 4. The number of hydrogen-bond donors (Lipinski definition) is 0. The van der Waals surface area contributed by atoms with Crippen LogP contribution in [0.1, 0.15) is 130 Å². The molecule has 0 bridgehead atoms. The lowest BCUT2D eigenvalue weighted by molar-refractivity contribution is 0.495. The van der Waals surface area contributed by atoms with Gasteiger partial charge >= 0.3 is 0 Å². The second-order valence-corrected chi connectivity index (χ2v) is 8.29. The van der Waals surface area contributed by atoms with Gasteiger partial charge in [-0.1, -0.05) is 115 Å². The summed E-state index contributed by atoms with van der Waals surface area (Å²) in [7, 11) is 0. The minimum Gasteiger partial charge on any atom is -0.0696 e. The molecule has 25 heavy (non-hydrogen) atoms. The molecule has 0 aromatic rings. The monoisotopic (exact) mass is 346 g/mol. The molecule has 0 saturated carbocycles. The van der Waals surface area contributed by atoms with E-state index in [4.69, 9.17) is 0 Å². The molecule has 0 fully saturated rings. The fourth-order valence-corrected chi connectivity index (χ4v) is 4.23. The Hall–Kier alpha value is -0.520. The van der Waals surface area contributed by atoms with Gasteiger partial charge < -0.3 is 0 Å². The largest absolute Gasteiger partial charge is 0.0696 e. The highest BCUT2D eigenvalue weighted by Crippen LogP contribution is 2.34. The Bertz CT molecular complexity index is 360. The number of hydrogen-bond acceptors (Lipinski definition) is 0. The molecular formula is C25H46. The van der Waals surface area contributed by atoms with Crippen LogP contribution in [0.2, 0.25) is 0 Å². The molecule has 0 aromatic carbocycles. The van der Waals surface area contributed by atoms with E-state index in [-0.39, 0.29) is 0 Å². The van der Waals surface area contributed by atoms with Crippen molar-refractivity contribution in [3.8, 4) is 0 Å². The molecule has 1 unspecified atom stereocenters. The van der Waals surface area contributed by atoms with Gasteiger partial charge in [0.1, 0.15) is 0 Å². The van der Waals surface area contributed by atoms with Gasteiger partial charge in [0.25, 0.3) is 0 Å². The van der Waals surface area contributed by atoms with E-state index in [9.17, 15) is 0 Å². The zero-order chi connectivity index (χ0) is 18.2. The van der Waals surface area contributed by atoms with Crippen LogP contribution in [0, 0.1) is 5.92 Å². The minimum absolute atomic E-state index is 0.862. The van der Waals surface area contributed by atoms with Crippen molar-refractivity contribution in [1.82, 2.24) is 0 Å². The van der Waals surface area contributed by atoms with Crippen LogP contribution in [0.25, 0.3) is 0 Å². The van der Waals surface area contributed by atoms with Gasteiger partial charge in [0.2, 0.25) is 0 Å². The molecule has 0 aliphatic heterocycles. The maximum atomic E-state index is 2.52. The van der Waals surface area contributed by atoms with Crippen LogP contribution in [0.3, 0.4) is 0 Å². The molecule has 0 radical (unpaired) electrons. The Labute approximate surface area is 159 Å². The van der Waals surface area contributed by atoms with E-state index >= 15 is 0 Å². The fourth-order valence-electron chi connectivity index (χ4n) is 4.23. The maximum Gasteiger partial charge on any atom is -0.0163 e. The predicted octanol–water partition coefficient (Wildman–Crippen LogP) is 9.16. The van der Waals surface area contributed by atoms with Crippen molar-refractivity contribution in [3.05, 3.63) is 23.3 Å².